The zero-order valence-electron chi connectivity index (χ0n) is 6.96. The molecule has 2 aromatic rings. The average Bonchev–Trinajstić information content (AvgIpc) is 2.12. The van der Waals surface area contributed by atoms with Crippen LogP contribution in [0.2, 0.25) is 0 Å². The first kappa shape index (κ1) is 7.56. The lowest BCUT2D eigenvalue weighted by molar-refractivity contribution is 1.54. The molecule has 2 aromatic carbocycles. The molecule has 0 saturated heterocycles. The molecule has 0 heterocycles. The Labute approximate surface area is 75.6 Å². The smallest absolute Gasteiger partial charge is 0.0629 e. The van der Waals surface area contributed by atoms with Crippen LogP contribution in [-0.2, 0) is 0 Å². The van der Waals surface area contributed by atoms with Gasteiger partial charge in [0.15, 0.2) is 0 Å². The largest absolute Gasteiger partial charge is 0.0720 e. The molecule has 12 heavy (non-hydrogen) atoms. The molecule has 0 atom stereocenters. The van der Waals surface area contributed by atoms with Crippen LogP contribution in [0.4, 0.5) is 0 Å². The van der Waals surface area contributed by atoms with Crippen molar-refractivity contribution in [3.8, 4) is 0 Å². The predicted octanol–water partition coefficient (Wildman–Crippen LogP) is 1.94. The molecule has 0 N–H and O–H groups in total. The van der Waals surface area contributed by atoms with Gasteiger partial charge in [0.2, 0.25) is 0 Å². The Morgan fingerprint density at radius 1 is 0.917 bits per heavy atom. The summed E-state index contributed by atoms with van der Waals surface area (Å²) in [5, 5.41) is 3.77. The van der Waals surface area contributed by atoms with E-state index in [0.29, 0.717) is 0 Å². The molecule has 0 aliphatic heterocycles. The number of fused-ring (bicyclic) bond motifs is 1. The monoisotopic (exact) mass is 169 g/mol. The topological polar surface area (TPSA) is 0 Å². The number of rotatable bonds is 0. The van der Waals surface area contributed by atoms with Crippen LogP contribution in [0.1, 0.15) is 5.56 Å². The Morgan fingerprint density at radius 2 is 1.58 bits per heavy atom. The van der Waals surface area contributed by atoms with Crippen LogP contribution in [0.15, 0.2) is 36.4 Å². The molecule has 0 aliphatic carbocycles. The van der Waals surface area contributed by atoms with Crippen LogP contribution in [0.25, 0.3) is 10.8 Å². The maximum Gasteiger partial charge on any atom is 0.0720 e. The summed E-state index contributed by atoms with van der Waals surface area (Å²) in [6.45, 7) is 2.13. The van der Waals surface area contributed by atoms with Crippen LogP contribution >= 0.6 is 0 Å². The van der Waals surface area contributed by atoms with Crippen molar-refractivity contribution in [3.05, 3.63) is 42.0 Å². The summed E-state index contributed by atoms with van der Waals surface area (Å²) in [7, 11) is 3.58. The first-order chi connectivity index (χ1) is 5.79. The summed E-state index contributed by atoms with van der Waals surface area (Å²) < 4.78 is 0. The molecule has 0 nitrogen and oxygen atoms in total. The van der Waals surface area contributed by atoms with E-state index in [1.807, 2.05) is 0 Å². The second-order valence-electron chi connectivity index (χ2n) is 2.98. The molecule has 0 aliphatic rings. The quantitative estimate of drug-likeness (QED) is 0.529. The number of benzene rings is 2. The third kappa shape index (κ3) is 1.06. The van der Waals surface area contributed by atoms with E-state index in [4.69, 9.17) is 0 Å². The molecular formula is C11H9Si. The van der Waals surface area contributed by atoms with Crippen LogP contribution in [0, 0.1) is 6.92 Å². The van der Waals surface area contributed by atoms with Crippen LogP contribution < -0.4 is 5.19 Å². The van der Waals surface area contributed by atoms with Gasteiger partial charge in [0.1, 0.15) is 0 Å². The summed E-state index contributed by atoms with van der Waals surface area (Å²) >= 11 is 0. The molecule has 0 unspecified atom stereocenters. The second kappa shape index (κ2) is 2.76. The first-order valence-electron chi connectivity index (χ1n) is 3.99. The van der Waals surface area contributed by atoms with Crippen molar-refractivity contribution < 1.29 is 0 Å². The van der Waals surface area contributed by atoms with Crippen molar-refractivity contribution in [1.29, 1.82) is 0 Å². The van der Waals surface area contributed by atoms with Crippen LogP contribution in [0.3, 0.4) is 0 Å². The number of aryl methyl sites for hydroxylation is 1. The van der Waals surface area contributed by atoms with Crippen molar-refractivity contribution >= 4 is 26.2 Å². The summed E-state index contributed by atoms with van der Waals surface area (Å²) in [5.74, 6) is 0. The highest BCUT2D eigenvalue weighted by Gasteiger charge is 1.97. The van der Waals surface area contributed by atoms with E-state index in [1.165, 1.54) is 16.3 Å². The molecule has 0 saturated carbocycles. The highest BCUT2D eigenvalue weighted by atomic mass is 28.1. The lowest BCUT2D eigenvalue weighted by Gasteiger charge is -2.03. The minimum atomic E-state index is 1.16. The van der Waals surface area contributed by atoms with E-state index in [2.05, 4.69) is 53.6 Å². The third-order valence-corrected chi connectivity index (χ3v) is 2.58. The van der Waals surface area contributed by atoms with Gasteiger partial charge in [-0.05, 0) is 23.3 Å². The van der Waals surface area contributed by atoms with Crippen LogP contribution in [0.5, 0.6) is 0 Å². The highest BCUT2D eigenvalue weighted by molar-refractivity contribution is 6.38. The molecule has 0 aromatic heterocycles. The zero-order chi connectivity index (χ0) is 8.55. The Hall–Kier alpha value is -1.08. The van der Waals surface area contributed by atoms with E-state index in [-0.39, 0.29) is 0 Å². The summed E-state index contributed by atoms with van der Waals surface area (Å²) in [4.78, 5) is 0. The summed E-state index contributed by atoms with van der Waals surface area (Å²) in [6.07, 6.45) is 0. The highest BCUT2D eigenvalue weighted by Crippen LogP contribution is 2.14. The fraction of sp³-hybridized carbons (Fsp3) is 0.0909. The van der Waals surface area contributed by atoms with Gasteiger partial charge < -0.3 is 0 Å². The maximum absolute atomic E-state index is 3.58. The normalized spacial score (nSPS) is 10.5. The SMILES string of the molecule is Cc1ccc([Si])c2ccccc12. The molecule has 3 radical (unpaired) electrons. The van der Waals surface area contributed by atoms with Crippen molar-refractivity contribution in [3.63, 3.8) is 0 Å². The standard InChI is InChI=1S/C11H9Si/c1-8-6-7-11(12)10-5-3-2-4-9(8)10/h2-7H,1H3. The van der Waals surface area contributed by atoms with Crippen molar-refractivity contribution in [2.45, 2.75) is 6.92 Å². The molecule has 0 fully saturated rings. The van der Waals surface area contributed by atoms with E-state index in [9.17, 15) is 0 Å². The van der Waals surface area contributed by atoms with E-state index >= 15 is 0 Å². The second-order valence-corrected chi connectivity index (χ2v) is 3.51. The fourth-order valence-corrected chi connectivity index (χ4v) is 1.75. The summed E-state index contributed by atoms with van der Waals surface area (Å²) in [5.41, 5.74) is 1.33. The Balaban J connectivity index is 2.95. The van der Waals surface area contributed by atoms with Gasteiger partial charge >= 0.3 is 0 Å². The molecular weight excluding hydrogens is 160 g/mol. The van der Waals surface area contributed by atoms with Gasteiger partial charge in [-0.2, -0.15) is 0 Å². The zero-order valence-corrected chi connectivity index (χ0v) is 7.96. The Bertz CT molecular complexity index is 378. The molecule has 57 valence electrons. The molecule has 0 spiro atoms. The van der Waals surface area contributed by atoms with E-state index < -0.39 is 0 Å². The molecule has 0 amide bonds. The number of hydrogen-bond acceptors (Lipinski definition) is 0. The van der Waals surface area contributed by atoms with E-state index in [0.717, 1.165) is 5.19 Å². The number of hydrogen-bond donors (Lipinski definition) is 0. The Kier molecular flexibility index (Phi) is 1.74. The van der Waals surface area contributed by atoms with Crippen LogP contribution in [-0.4, -0.2) is 10.2 Å². The van der Waals surface area contributed by atoms with Crippen molar-refractivity contribution in [2.24, 2.45) is 0 Å². The molecule has 2 rings (SSSR count). The molecule has 0 bridgehead atoms. The minimum Gasteiger partial charge on any atom is -0.0629 e. The van der Waals surface area contributed by atoms with E-state index in [1.54, 1.807) is 0 Å². The van der Waals surface area contributed by atoms with Gasteiger partial charge in [0, 0.05) is 0 Å². The Morgan fingerprint density at radius 3 is 2.25 bits per heavy atom. The summed E-state index contributed by atoms with van der Waals surface area (Å²) in [6, 6.07) is 12.6. The van der Waals surface area contributed by atoms with Gasteiger partial charge in [-0.15, -0.1) is 0 Å². The lowest BCUT2D eigenvalue weighted by Crippen LogP contribution is -2.03. The third-order valence-electron chi connectivity index (χ3n) is 2.14. The molecule has 1 heteroatoms. The van der Waals surface area contributed by atoms with Gasteiger partial charge in [0.25, 0.3) is 0 Å². The van der Waals surface area contributed by atoms with Crippen molar-refractivity contribution in [2.75, 3.05) is 0 Å². The van der Waals surface area contributed by atoms with Crippen molar-refractivity contribution in [1.82, 2.24) is 0 Å². The van der Waals surface area contributed by atoms with Gasteiger partial charge in [0.05, 0.1) is 10.2 Å². The minimum absolute atomic E-state index is 1.16. The average molecular weight is 169 g/mol. The predicted molar refractivity (Wildman–Crippen MR) is 54.1 cm³/mol. The lowest BCUT2D eigenvalue weighted by atomic mass is 10.1. The maximum atomic E-state index is 3.58. The van der Waals surface area contributed by atoms with Gasteiger partial charge in [-0.1, -0.05) is 41.6 Å². The van der Waals surface area contributed by atoms with Gasteiger partial charge in [-0.3, -0.25) is 0 Å². The van der Waals surface area contributed by atoms with Gasteiger partial charge in [-0.25, -0.2) is 0 Å². The fourth-order valence-electron chi connectivity index (χ4n) is 1.45. The first-order valence-corrected chi connectivity index (χ1v) is 4.49.